The first-order valence-electron chi connectivity index (χ1n) is 15.3. The third-order valence-corrected chi connectivity index (χ3v) is 8.59. The van der Waals surface area contributed by atoms with Crippen LogP contribution in [0.1, 0.15) is 87.5 Å². The zero-order valence-electron chi connectivity index (χ0n) is 26.1. The van der Waals surface area contributed by atoms with Crippen molar-refractivity contribution in [3.8, 4) is 0 Å². The Morgan fingerprint density at radius 1 is 0.907 bits per heavy atom. The van der Waals surface area contributed by atoms with Gasteiger partial charge in [0.25, 0.3) is 0 Å². The lowest BCUT2D eigenvalue weighted by Gasteiger charge is -2.34. The molecule has 3 aromatic rings. The molecule has 3 aromatic carbocycles. The summed E-state index contributed by atoms with van der Waals surface area (Å²) < 4.78 is 14.5. The molecule has 0 atom stereocenters. The van der Waals surface area contributed by atoms with E-state index in [1.165, 1.54) is 24.8 Å². The quantitative estimate of drug-likeness (QED) is 0.124. The summed E-state index contributed by atoms with van der Waals surface area (Å²) in [6.07, 6.45) is 9.12. The Hall–Kier alpha value is -4.05. The standard InChI is InChI=1S/C37H43FN2O.C2H4/c1-27(23-36(32-11-7-5-8-12-32)29(3)31-15-17-35(40-41)18-16-31)19-22-39-28(2)13-14-30-24-33(26-34(38)25-30)37(4)20-9-6-10-21-37;1-2/h5,7-8,11-12,15-18,24-26,39H,1-2,6,9-10,13-14,19-23H2,3-4H3;1-2H2/b36-29-;. The van der Waals surface area contributed by atoms with Crippen molar-refractivity contribution in [2.75, 3.05) is 6.54 Å². The first-order chi connectivity index (χ1) is 20.8. The van der Waals surface area contributed by atoms with Crippen molar-refractivity contribution in [1.82, 2.24) is 5.32 Å². The van der Waals surface area contributed by atoms with Crippen LogP contribution >= 0.6 is 0 Å². The van der Waals surface area contributed by atoms with Gasteiger partial charge in [0, 0.05) is 12.2 Å². The van der Waals surface area contributed by atoms with Crippen LogP contribution in [0.15, 0.2) is 116 Å². The molecule has 0 heterocycles. The number of nitrogens with zero attached hydrogens (tertiary/aromatic N) is 1. The summed E-state index contributed by atoms with van der Waals surface area (Å²) in [5.74, 6) is -0.131. The lowest BCUT2D eigenvalue weighted by molar-refractivity contribution is 0.318. The molecule has 1 aliphatic rings. The predicted molar refractivity (Wildman–Crippen MR) is 183 cm³/mol. The fourth-order valence-electron chi connectivity index (χ4n) is 5.94. The van der Waals surface area contributed by atoms with E-state index >= 15 is 0 Å². The number of benzene rings is 3. The second-order valence-corrected chi connectivity index (χ2v) is 11.8. The number of hydrogen-bond donors (Lipinski definition) is 1. The van der Waals surface area contributed by atoms with E-state index in [1.54, 1.807) is 24.3 Å². The van der Waals surface area contributed by atoms with Crippen LogP contribution in [-0.4, -0.2) is 6.54 Å². The van der Waals surface area contributed by atoms with Gasteiger partial charge >= 0.3 is 0 Å². The highest BCUT2D eigenvalue weighted by Crippen LogP contribution is 2.39. The molecular formula is C39H47FN2O. The molecule has 0 unspecified atom stereocenters. The molecule has 1 fully saturated rings. The minimum Gasteiger partial charge on any atom is -0.388 e. The van der Waals surface area contributed by atoms with E-state index in [4.69, 9.17) is 0 Å². The lowest BCUT2D eigenvalue weighted by atomic mass is 9.70. The van der Waals surface area contributed by atoms with Gasteiger partial charge in [-0.25, -0.2) is 4.39 Å². The molecule has 4 heteroatoms. The van der Waals surface area contributed by atoms with E-state index in [2.05, 4.69) is 68.9 Å². The molecule has 1 saturated carbocycles. The fourth-order valence-corrected chi connectivity index (χ4v) is 5.94. The Morgan fingerprint density at radius 2 is 1.58 bits per heavy atom. The monoisotopic (exact) mass is 578 g/mol. The van der Waals surface area contributed by atoms with Crippen LogP contribution in [0.4, 0.5) is 10.1 Å². The molecule has 1 aliphatic carbocycles. The van der Waals surface area contributed by atoms with Crippen LogP contribution < -0.4 is 5.32 Å². The summed E-state index contributed by atoms with van der Waals surface area (Å²) in [4.78, 5) is 10.8. The average molecular weight is 579 g/mol. The molecule has 0 aromatic heterocycles. The maximum atomic E-state index is 14.5. The number of hydrogen-bond acceptors (Lipinski definition) is 3. The van der Waals surface area contributed by atoms with Gasteiger partial charge in [0.1, 0.15) is 11.5 Å². The van der Waals surface area contributed by atoms with Gasteiger partial charge in [-0.1, -0.05) is 93.4 Å². The van der Waals surface area contributed by atoms with Gasteiger partial charge in [0.15, 0.2) is 0 Å². The van der Waals surface area contributed by atoms with Crippen molar-refractivity contribution < 1.29 is 4.39 Å². The van der Waals surface area contributed by atoms with E-state index < -0.39 is 0 Å². The van der Waals surface area contributed by atoms with Gasteiger partial charge in [0.2, 0.25) is 0 Å². The number of allylic oxidation sites excluding steroid dienone is 3. The SMILES string of the molecule is C=C.C=C(CCNC(=C)CCc1cc(F)cc(C2(C)CCCCC2)c1)C/C(=C(\C)c1ccc(N=O)cc1)c1ccccc1. The van der Waals surface area contributed by atoms with Gasteiger partial charge in [-0.05, 0) is 114 Å². The number of nitrogens with one attached hydrogen (secondary N) is 1. The third kappa shape index (κ3) is 9.74. The summed E-state index contributed by atoms with van der Waals surface area (Å²) >= 11 is 0. The van der Waals surface area contributed by atoms with Crippen molar-refractivity contribution in [3.63, 3.8) is 0 Å². The molecule has 0 bridgehead atoms. The Balaban J connectivity index is 0.00000248. The largest absolute Gasteiger partial charge is 0.388 e. The summed E-state index contributed by atoms with van der Waals surface area (Å²) in [6, 6.07) is 23.4. The zero-order chi connectivity index (χ0) is 31.2. The highest BCUT2D eigenvalue weighted by Gasteiger charge is 2.29. The minimum absolute atomic E-state index is 0.0896. The highest BCUT2D eigenvalue weighted by atomic mass is 19.1. The molecule has 4 rings (SSSR count). The maximum Gasteiger partial charge on any atom is 0.123 e. The van der Waals surface area contributed by atoms with Crippen molar-refractivity contribution >= 4 is 16.8 Å². The van der Waals surface area contributed by atoms with Crippen molar-refractivity contribution in [3.05, 3.63) is 143 Å². The number of nitroso groups, excluding NO2 is 1. The van der Waals surface area contributed by atoms with Crippen molar-refractivity contribution in [2.24, 2.45) is 5.18 Å². The highest BCUT2D eigenvalue weighted by molar-refractivity contribution is 5.90. The summed E-state index contributed by atoms with van der Waals surface area (Å²) in [6.45, 7) is 19.8. The Kier molecular flexibility index (Phi) is 12.9. The second kappa shape index (κ2) is 16.6. The molecule has 0 saturated heterocycles. The molecule has 0 amide bonds. The molecule has 0 spiro atoms. The molecule has 1 N–H and O–H groups in total. The number of aryl methyl sites for hydroxylation is 1. The molecule has 226 valence electrons. The minimum atomic E-state index is -0.131. The van der Waals surface area contributed by atoms with E-state index in [1.807, 2.05) is 30.3 Å². The summed E-state index contributed by atoms with van der Waals surface area (Å²) in [7, 11) is 0. The molecular weight excluding hydrogens is 531 g/mol. The van der Waals surface area contributed by atoms with Crippen molar-refractivity contribution in [1.29, 1.82) is 0 Å². The Morgan fingerprint density at radius 3 is 2.23 bits per heavy atom. The first-order valence-corrected chi connectivity index (χ1v) is 15.3. The number of halogens is 1. The van der Waals surface area contributed by atoms with Crippen LogP contribution in [0, 0.1) is 10.7 Å². The van der Waals surface area contributed by atoms with Crippen LogP contribution in [-0.2, 0) is 11.8 Å². The van der Waals surface area contributed by atoms with E-state index in [0.29, 0.717) is 5.69 Å². The van der Waals surface area contributed by atoms with Crippen LogP contribution in [0.25, 0.3) is 11.1 Å². The molecule has 3 nitrogen and oxygen atoms in total. The molecule has 0 radical (unpaired) electrons. The van der Waals surface area contributed by atoms with Gasteiger partial charge in [-0.3, -0.25) is 0 Å². The predicted octanol–water partition coefficient (Wildman–Crippen LogP) is 11.3. The fraction of sp³-hybridized carbons (Fsp3) is 0.333. The van der Waals surface area contributed by atoms with E-state index in [9.17, 15) is 9.30 Å². The van der Waals surface area contributed by atoms with Gasteiger partial charge in [-0.15, -0.1) is 18.1 Å². The third-order valence-electron chi connectivity index (χ3n) is 8.59. The maximum absolute atomic E-state index is 14.5. The molecule has 0 aliphatic heterocycles. The number of rotatable bonds is 13. The molecule has 43 heavy (non-hydrogen) atoms. The van der Waals surface area contributed by atoms with Gasteiger partial charge in [-0.2, -0.15) is 0 Å². The van der Waals surface area contributed by atoms with Crippen LogP contribution in [0.5, 0.6) is 0 Å². The van der Waals surface area contributed by atoms with Gasteiger partial charge < -0.3 is 5.32 Å². The normalized spacial score (nSPS) is 14.5. The van der Waals surface area contributed by atoms with E-state index in [-0.39, 0.29) is 11.2 Å². The van der Waals surface area contributed by atoms with Gasteiger partial charge in [0.05, 0.1) is 0 Å². The lowest BCUT2D eigenvalue weighted by Crippen LogP contribution is -2.25. The Labute approximate surface area is 258 Å². The summed E-state index contributed by atoms with van der Waals surface area (Å²) in [5, 5.41) is 6.48. The van der Waals surface area contributed by atoms with E-state index in [0.717, 1.165) is 84.2 Å². The van der Waals surface area contributed by atoms with Crippen LogP contribution in [0.2, 0.25) is 0 Å². The first kappa shape index (κ1) is 33.5. The second-order valence-electron chi connectivity index (χ2n) is 11.8. The van der Waals surface area contributed by atoms with Crippen LogP contribution in [0.3, 0.4) is 0 Å². The Bertz CT molecular complexity index is 1400. The van der Waals surface area contributed by atoms with Crippen molar-refractivity contribution in [2.45, 2.75) is 77.0 Å². The average Bonchev–Trinajstić information content (AvgIpc) is 3.04. The zero-order valence-corrected chi connectivity index (χ0v) is 26.1. The smallest absolute Gasteiger partial charge is 0.123 e. The topological polar surface area (TPSA) is 41.5 Å². The summed E-state index contributed by atoms with van der Waals surface area (Å²) in [5.41, 5.74) is 9.41.